The van der Waals surface area contributed by atoms with Gasteiger partial charge in [0.25, 0.3) is 0 Å². The molecule has 0 aliphatic carbocycles. The summed E-state index contributed by atoms with van der Waals surface area (Å²) in [5.74, 6) is -2.47. The second-order valence-corrected chi connectivity index (χ2v) is 9.38. The van der Waals surface area contributed by atoms with Crippen molar-refractivity contribution < 1.29 is 22.7 Å². The Labute approximate surface area is 205 Å². The van der Waals surface area contributed by atoms with Crippen LogP contribution in [0.2, 0.25) is 0 Å². The van der Waals surface area contributed by atoms with Gasteiger partial charge in [-0.2, -0.15) is 0 Å². The number of rotatable bonds is 4. The van der Waals surface area contributed by atoms with Crippen molar-refractivity contribution in [3.8, 4) is 17.3 Å². The van der Waals surface area contributed by atoms with Crippen LogP contribution in [0.1, 0.15) is 30.7 Å². The van der Waals surface area contributed by atoms with Crippen molar-refractivity contribution in [3.05, 3.63) is 68.4 Å². The number of carbonyl (C=O) groups excluding carboxylic acids is 1. The van der Waals surface area contributed by atoms with E-state index in [2.05, 4.69) is 42.9 Å². The van der Waals surface area contributed by atoms with E-state index < -0.39 is 35.0 Å². The smallest absolute Gasteiger partial charge is 0.235 e. The highest BCUT2D eigenvalue weighted by atomic mass is 127. The van der Waals surface area contributed by atoms with E-state index in [0.29, 0.717) is 32.4 Å². The molecule has 0 spiro atoms. The molecule has 4 heterocycles. The minimum absolute atomic E-state index is 0.158. The molecule has 1 aliphatic rings. The first kappa shape index (κ1) is 22.6. The third kappa shape index (κ3) is 3.40. The van der Waals surface area contributed by atoms with Crippen molar-refractivity contribution in [3.63, 3.8) is 0 Å². The van der Waals surface area contributed by atoms with Gasteiger partial charge >= 0.3 is 0 Å². The first-order valence-electron chi connectivity index (χ1n) is 10.2. The average molecular weight is 579 g/mol. The zero-order chi connectivity index (χ0) is 24.4. The molecular weight excluding hydrogens is 562 g/mol. The molecule has 1 aromatic carbocycles. The number of carbonyl (C=O) groups is 1. The third-order valence-corrected chi connectivity index (χ3v) is 6.58. The van der Waals surface area contributed by atoms with E-state index in [1.165, 1.54) is 0 Å². The highest BCUT2D eigenvalue weighted by Gasteiger charge is 2.42. The highest BCUT2D eigenvalue weighted by molar-refractivity contribution is 14.1. The summed E-state index contributed by atoms with van der Waals surface area (Å²) in [7, 11) is 0. The number of imidazole rings is 1. The van der Waals surface area contributed by atoms with Crippen molar-refractivity contribution in [1.29, 1.82) is 0 Å². The van der Waals surface area contributed by atoms with Gasteiger partial charge in [0.05, 0.1) is 16.7 Å². The quantitative estimate of drug-likeness (QED) is 0.211. The molecule has 3 aromatic heterocycles. The van der Waals surface area contributed by atoms with Crippen LogP contribution in [0, 0.1) is 28.1 Å². The molecule has 0 bridgehead atoms. The minimum atomic E-state index is -1.29. The zero-order valence-corrected chi connectivity index (χ0v) is 20.4. The number of anilines is 1. The van der Waals surface area contributed by atoms with Gasteiger partial charge in [-0.1, -0.05) is 0 Å². The number of aromatic nitrogens is 4. The number of benzene rings is 1. The lowest BCUT2D eigenvalue weighted by Crippen LogP contribution is -2.27. The Balaban J connectivity index is 1.57. The first-order valence-corrected chi connectivity index (χ1v) is 11.3. The number of pyridine rings is 1. The van der Waals surface area contributed by atoms with Crippen LogP contribution in [-0.2, 0) is 16.8 Å². The Kier molecular flexibility index (Phi) is 5.26. The van der Waals surface area contributed by atoms with E-state index in [4.69, 9.17) is 4.74 Å². The lowest BCUT2D eigenvalue weighted by Gasteiger charge is -2.16. The summed E-state index contributed by atoms with van der Waals surface area (Å²) in [6.45, 7) is 4.87. The lowest BCUT2D eigenvalue weighted by molar-refractivity contribution is -0.119. The number of fused-ring (bicyclic) bond motifs is 2. The van der Waals surface area contributed by atoms with Crippen molar-refractivity contribution in [1.82, 2.24) is 19.4 Å². The fraction of sp³-hybridized carbons (Fsp3) is 0.217. The Morgan fingerprint density at radius 3 is 2.62 bits per heavy atom. The fourth-order valence-electron chi connectivity index (χ4n) is 3.95. The summed E-state index contributed by atoms with van der Waals surface area (Å²) in [6.07, 6.45) is 1.73. The van der Waals surface area contributed by atoms with E-state index >= 15 is 0 Å². The molecule has 0 atom stereocenters. The highest BCUT2D eigenvalue weighted by Crippen LogP contribution is 2.40. The molecule has 34 heavy (non-hydrogen) atoms. The van der Waals surface area contributed by atoms with Crippen molar-refractivity contribution in [2.45, 2.75) is 32.8 Å². The van der Waals surface area contributed by atoms with Gasteiger partial charge in [-0.3, -0.25) is 9.20 Å². The number of ether oxygens (including phenoxy) is 1. The molecule has 1 aliphatic heterocycles. The van der Waals surface area contributed by atoms with Crippen LogP contribution in [0.5, 0.6) is 5.75 Å². The molecular formula is C23H17F3IN5O2. The number of hydrogen-bond donors (Lipinski definition) is 1. The van der Waals surface area contributed by atoms with Crippen LogP contribution in [-0.4, -0.2) is 25.3 Å². The molecule has 0 saturated heterocycles. The van der Waals surface area contributed by atoms with E-state index in [9.17, 15) is 18.0 Å². The van der Waals surface area contributed by atoms with E-state index in [1.54, 1.807) is 29.7 Å². The molecule has 0 unspecified atom stereocenters. The number of aryl methyl sites for hydroxylation is 1. The monoisotopic (exact) mass is 579 g/mol. The lowest BCUT2D eigenvalue weighted by atomic mass is 9.88. The second kappa shape index (κ2) is 7.93. The Morgan fingerprint density at radius 2 is 1.85 bits per heavy atom. The molecule has 0 saturated carbocycles. The fourth-order valence-corrected chi connectivity index (χ4v) is 5.11. The SMILES string of the molecule is Cc1nc2c(OCc3c(F)ccc(F)c3F)cccn2c1-c1nc(I)c2c(n1)NC(=O)C2(C)C. The third-order valence-electron chi connectivity index (χ3n) is 5.80. The molecule has 1 amide bonds. The summed E-state index contributed by atoms with van der Waals surface area (Å²) in [4.78, 5) is 26.1. The van der Waals surface area contributed by atoms with Gasteiger partial charge in [-0.25, -0.2) is 28.1 Å². The number of nitrogens with one attached hydrogen (secondary N) is 1. The summed E-state index contributed by atoms with van der Waals surface area (Å²) in [6, 6.07) is 4.84. The van der Waals surface area contributed by atoms with Crippen molar-refractivity contribution >= 4 is 40.0 Å². The zero-order valence-electron chi connectivity index (χ0n) is 18.2. The van der Waals surface area contributed by atoms with Crippen LogP contribution in [0.25, 0.3) is 17.2 Å². The Bertz CT molecular complexity index is 1500. The molecule has 4 aromatic rings. The summed E-state index contributed by atoms with van der Waals surface area (Å²) < 4.78 is 49.5. The first-order chi connectivity index (χ1) is 16.1. The van der Waals surface area contributed by atoms with Crippen molar-refractivity contribution in [2.75, 3.05) is 5.32 Å². The molecule has 1 N–H and O–H groups in total. The number of amides is 1. The van der Waals surface area contributed by atoms with Crippen molar-refractivity contribution in [2.24, 2.45) is 0 Å². The predicted molar refractivity (Wildman–Crippen MR) is 126 cm³/mol. The summed E-state index contributed by atoms with van der Waals surface area (Å²) in [5, 5.41) is 2.81. The molecule has 7 nitrogen and oxygen atoms in total. The molecule has 0 fully saturated rings. The second-order valence-electron chi connectivity index (χ2n) is 8.36. The average Bonchev–Trinajstić information content (AvgIpc) is 3.23. The topological polar surface area (TPSA) is 81.4 Å². The molecule has 174 valence electrons. The van der Waals surface area contributed by atoms with Crippen LogP contribution in [0.4, 0.5) is 19.0 Å². The normalized spacial score (nSPS) is 14.4. The van der Waals surface area contributed by atoms with Gasteiger partial charge in [-0.05, 0) is 67.6 Å². The number of halogens is 4. The molecule has 0 radical (unpaired) electrons. The summed E-state index contributed by atoms with van der Waals surface area (Å²) in [5.41, 5.74) is 0.996. The maximum atomic E-state index is 14.0. The molecule has 5 rings (SSSR count). The van der Waals surface area contributed by atoms with Crippen LogP contribution >= 0.6 is 22.6 Å². The molecule has 11 heteroatoms. The van der Waals surface area contributed by atoms with Gasteiger partial charge in [0.2, 0.25) is 5.91 Å². The largest absolute Gasteiger partial charge is 0.485 e. The van der Waals surface area contributed by atoms with E-state index in [-0.39, 0.29) is 11.7 Å². The Hall–Kier alpha value is -3.22. The van der Waals surface area contributed by atoms with E-state index in [1.807, 2.05) is 13.8 Å². The standard InChI is InChI=1S/C23H17F3IN5O2/c1-10-17(20-29-18(27)15-19(30-20)31-22(33)23(15,2)3)32-8-4-5-14(21(32)28-10)34-9-11-12(24)6-7-13(25)16(11)26/h4-8H,9H2,1-3H3,(H,29,30,31,33). The maximum Gasteiger partial charge on any atom is 0.235 e. The van der Waals surface area contributed by atoms with Gasteiger partial charge < -0.3 is 10.1 Å². The van der Waals surface area contributed by atoms with Gasteiger partial charge in [0.1, 0.15) is 27.6 Å². The van der Waals surface area contributed by atoms with E-state index in [0.717, 1.165) is 17.7 Å². The van der Waals surface area contributed by atoms with Gasteiger partial charge in [0.15, 0.2) is 28.9 Å². The van der Waals surface area contributed by atoms with Gasteiger partial charge in [0, 0.05) is 11.8 Å². The predicted octanol–water partition coefficient (Wildman–Crippen LogP) is 4.93. The minimum Gasteiger partial charge on any atom is -0.485 e. The van der Waals surface area contributed by atoms with Crippen LogP contribution < -0.4 is 10.1 Å². The van der Waals surface area contributed by atoms with Crippen LogP contribution in [0.15, 0.2) is 30.5 Å². The number of nitrogens with zero attached hydrogens (tertiary/aromatic N) is 4. The number of hydrogen-bond acceptors (Lipinski definition) is 5. The Morgan fingerprint density at radius 1 is 1.12 bits per heavy atom. The van der Waals surface area contributed by atoms with Crippen LogP contribution in [0.3, 0.4) is 0 Å². The maximum absolute atomic E-state index is 14.0. The summed E-state index contributed by atoms with van der Waals surface area (Å²) >= 11 is 2.08. The van der Waals surface area contributed by atoms with Gasteiger partial charge in [-0.15, -0.1) is 0 Å².